The van der Waals surface area contributed by atoms with Gasteiger partial charge in [0.25, 0.3) is 0 Å². The van der Waals surface area contributed by atoms with Crippen molar-refractivity contribution in [2.24, 2.45) is 7.05 Å². The molecule has 0 aliphatic heterocycles. The van der Waals surface area contributed by atoms with Gasteiger partial charge < -0.3 is 5.11 Å². The lowest BCUT2D eigenvalue weighted by Crippen LogP contribution is -2.09. The van der Waals surface area contributed by atoms with Crippen molar-refractivity contribution in [3.63, 3.8) is 0 Å². The van der Waals surface area contributed by atoms with Gasteiger partial charge in [0.05, 0.1) is 21.9 Å². The molecule has 6 nitrogen and oxygen atoms in total. The van der Waals surface area contributed by atoms with Crippen LogP contribution in [-0.2, 0) is 22.6 Å². The van der Waals surface area contributed by atoms with Crippen LogP contribution in [-0.4, -0.2) is 29.3 Å². The summed E-state index contributed by atoms with van der Waals surface area (Å²) in [5.74, 6) is -2.87. The number of carboxylic acid groups (broad SMARTS) is 1. The van der Waals surface area contributed by atoms with Gasteiger partial charge >= 0.3 is 5.97 Å². The average Bonchev–Trinajstić information content (AvgIpc) is 2.73. The van der Waals surface area contributed by atoms with Crippen molar-refractivity contribution in [3.05, 3.63) is 47.5 Å². The topological polar surface area (TPSA) is 89.3 Å². The Kier molecular flexibility index (Phi) is 3.58. The Balaban J connectivity index is 2.39. The van der Waals surface area contributed by atoms with E-state index >= 15 is 0 Å². The van der Waals surface area contributed by atoms with Gasteiger partial charge in [0.1, 0.15) is 5.82 Å². The van der Waals surface area contributed by atoms with Gasteiger partial charge in [0, 0.05) is 13.2 Å². The predicted molar refractivity (Wildman–Crippen MR) is 67.5 cm³/mol. The highest BCUT2D eigenvalue weighted by Gasteiger charge is 2.20. The summed E-state index contributed by atoms with van der Waals surface area (Å²) in [7, 11) is -2.13. The Morgan fingerprint density at radius 2 is 2.10 bits per heavy atom. The first-order valence-corrected chi connectivity index (χ1v) is 7.19. The number of hydrogen-bond acceptors (Lipinski definition) is 4. The fourth-order valence-electron chi connectivity index (χ4n) is 1.68. The second kappa shape index (κ2) is 5.04. The third-order valence-corrected chi connectivity index (χ3v) is 4.28. The number of aromatic carboxylic acids is 1. The van der Waals surface area contributed by atoms with Crippen molar-refractivity contribution < 1.29 is 22.7 Å². The van der Waals surface area contributed by atoms with Crippen LogP contribution in [0.5, 0.6) is 0 Å². The Bertz CT molecular complexity index is 768. The van der Waals surface area contributed by atoms with Crippen molar-refractivity contribution in [1.29, 1.82) is 0 Å². The number of rotatable bonds is 4. The van der Waals surface area contributed by atoms with E-state index in [2.05, 4.69) is 5.10 Å². The van der Waals surface area contributed by atoms with Crippen LogP contribution in [0.3, 0.4) is 0 Å². The lowest BCUT2D eigenvalue weighted by molar-refractivity contribution is 0.0691. The first-order valence-electron chi connectivity index (χ1n) is 5.54. The van der Waals surface area contributed by atoms with Crippen LogP contribution in [0.2, 0.25) is 0 Å². The largest absolute Gasteiger partial charge is 0.478 e. The molecule has 0 amide bonds. The molecule has 0 saturated carbocycles. The summed E-state index contributed by atoms with van der Waals surface area (Å²) in [5, 5.41) is 12.7. The molecule has 1 heterocycles. The summed E-state index contributed by atoms with van der Waals surface area (Å²) in [4.78, 5) is 10.6. The van der Waals surface area contributed by atoms with E-state index in [1.807, 2.05) is 0 Å². The third kappa shape index (κ3) is 2.85. The van der Waals surface area contributed by atoms with Gasteiger partial charge in [-0.3, -0.25) is 4.68 Å². The second-order valence-corrected chi connectivity index (χ2v) is 6.18. The van der Waals surface area contributed by atoms with Gasteiger partial charge in [-0.05, 0) is 24.3 Å². The first-order chi connectivity index (χ1) is 9.29. The van der Waals surface area contributed by atoms with Crippen molar-refractivity contribution in [2.45, 2.75) is 10.6 Å². The molecule has 0 aliphatic carbocycles. The van der Waals surface area contributed by atoms with E-state index in [4.69, 9.17) is 5.11 Å². The lowest BCUT2D eigenvalue weighted by atomic mass is 10.2. The highest BCUT2D eigenvalue weighted by Crippen LogP contribution is 2.19. The maximum atomic E-state index is 13.2. The zero-order chi connectivity index (χ0) is 14.9. The molecule has 0 aliphatic rings. The average molecular weight is 298 g/mol. The lowest BCUT2D eigenvalue weighted by Gasteiger charge is -2.04. The van der Waals surface area contributed by atoms with Gasteiger partial charge in [0.2, 0.25) is 0 Å². The number of hydrogen-bond donors (Lipinski definition) is 1. The maximum Gasteiger partial charge on any atom is 0.338 e. The second-order valence-electron chi connectivity index (χ2n) is 4.19. The number of benzene rings is 1. The first kappa shape index (κ1) is 14.2. The van der Waals surface area contributed by atoms with E-state index < -0.39 is 27.2 Å². The van der Waals surface area contributed by atoms with Gasteiger partial charge in [-0.15, -0.1) is 0 Å². The van der Waals surface area contributed by atoms with Crippen LogP contribution in [0.25, 0.3) is 0 Å². The quantitative estimate of drug-likeness (QED) is 0.858. The molecule has 2 rings (SSSR count). The van der Waals surface area contributed by atoms with Crippen LogP contribution >= 0.6 is 0 Å². The molecule has 106 valence electrons. The van der Waals surface area contributed by atoms with E-state index in [0.29, 0.717) is 5.69 Å². The molecule has 1 N–H and O–H groups in total. The summed E-state index contributed by atoms with van der Waals surface area (Å²) in [6.45, 7) is 0. The molecule has 0 atom stereocenters. The number of carboxylic acids is 1. The normalized spacial score (nSPS) is 11.5. The van der Waals surface area contributed by atoms with Gasteiger partial charge in [-0.1, -0.05) is 0 Å². The minimum Gasteiger partial charge on any atom is -0.478 e. The molecule has 0 unspecified atom stereocenters. The minimum atomic E-state index is -3.78. The zero-order valence-corrected chi connectivity index (χ0v) is 11.3. The smallest absolute Gasteiger partial charge is 0.338 e. The van der Waals surface area contributed by atoms with Crippen LogP contribution in [0.4, 0.5) is 4.39 Å². The number of carbonyl (C=O) groups is 1. The van der Waals surface area contributed by atoms with E-state index in [0.717, 1.165) is 18.2 Å². The zero-order valence-electron chi connectivity index (χ0n) is 10.4. The Labute approximate surface area is 114 Å². The fourth-order valence-corrected chi connectivity index (χ4v) is 2.96. The van der Waals surface area contributed by atoms with Gasteiger partial charge in [-0.25, -0.2) is 17.6 Å². The molecular formula is C12H11FN2O4S. The van der Waals surface area contributed by atoms with Crippen molar-refractivity contribution in [3.8, 4) is 0 Å². The van der Waals surface area contributed by atoms with Crippen molar-refractivity contribution in [2.75, 3.05) is 0 Å². The molecule has 2 aromatic rings. The molecule has 0 radical (unpaired) electrons. The summed E-state index contributed by atoms with van der Waals surface area (Å²) in [5.41, 5.74) is -0.346. The van der Waals surface area contributed by atoms with E-state index in [1.54, 1.807) is 19.3 Å². The molecule has 0 bridgehead atoms. The van der Waals surface area contributed by atoms with Gasteiger partial charge in [-0.2, -0.15) is 5.10 Å². The molecular weight excluding hydrogens is 287 g/mol. The third-order valence-electron chi connectivity index (χ3n) is 2.63. The van der Waals surface area contributed by atoms with E-state index in [1.165, 1.54) is 4.68 Å². The van der Waals surface area contributed by atoms with E-state index in [9.17, 15) is 17.6 Å². The van der Waals surface area contributed by atoms with Gasteiger partial charge in [0.15, 0.2) is 9.84 Å². The number of aryl methyl sites for hydroxylation is 1. The standard InChI is InChI=1S/C12H11FN2O4S/c1-15-5-4-8(14-15)7-20(18,19)9-2-3-11(13)10(6-9)12(16)17/h2-6H,7H2,1H3,(H,16,17). The van der Waals surface area contributed by atoms with Crippen molar-refractivity contribution >= 4 is 15.8 Å². The monoisotopic (exact) mass is 298 g/mol. The minimum absolute atomic E-state index is 0.248. The number of halogens is 1. The number of sulfone groups is 1. The van der Waals surface area contributed by atoms with Crippen LogP contribution in [0, 0.1) is 5.82 Å². The highest BCUT2D eigenvalue weighted by molar-refractivity contribution is 7.90. The molecule has 0 saturated heterocycles. The highest BCUT2D eigenvalue weighted by atomic mass is 32.2. The summed E-state index contributed by atoms with van der Waals surface area (Å²) in [6.07, 6.45) is 1.60. The number of aromatic nitrogens is 2. The SMILES string of the molecule is Cn1ccc(CS(=O)(=O)c2ccc(F)c(C(=O)O)c2)n1. The molecule has 1 aromatic carbocycles. The molecule has 0 spiro atoms. The Hall–Kier alpha value is -2.22. The maximum absolute atomic E-state index is 13.2. The Morgan fingerprint density at radius 3 is 2.65 bits per heavy atom. The van der Waals surface area contributed by atoms with Crippen LogP contribution < -0.4 is 0 Å². The molecule has 1 aromatic heterocycles. The van der Waals surface area contributed by atoms with Crippen LogP contribution in [0.1, 0.15) is 16.1 Å². The Morgan fingerprint density at radius 1 is 1.40 bits per heavy atom. The molecule has 20 heavy (non-hydrogen) atoms. The summed E-state index contributed by atoms with van der Waals surface area (Å²) >= 11 is 0. The number of nitrogens with zero attached hydrogens (tertiary/aromatic N) is 2. The van der Waals surface area contributed by atoms with Crippen LogP contribution in [0.15, 0.2) is 35.4 Å². The van der Waals surface area contributed by atoms with E-state index in [-0.39, 0.29) is 10.6 Å². The predicted octanol–water partition coefficient (Wildman–Crippen LogP) is 1.23. The molecule has 8 heteroatoms. The molecule has 0 fully saturated rings. The van der Waals surface area contributed by atoms with Crippen molar-refractivity contribution in [1.82, 2.24) is 9.78 Å². The summed E-state index contributed by atoms with van der Waals surface area (Å²) < 4.78 is 39.0. The fraction of sp³-hybridized carbons (Fsp3) is 0.167. The summed E-state index contributed by atoms with van der Waals surface area (Å²) in [6, 6.07) is 4.23.